The molecule has 2 rings (SSSR count). The minimum absolute atomic E-state index is 0.0175. The number of rotatable bonds is 4. The molecule has 0 spiro atoms. The molecule has 1 fully saturated rings. The van der Waals surface area contributed by atoms with Crippen LogP contribution in [-0.4, -0.2) is 30.1 Å². The van der Waals surface area contributed by atoms with Crippen molar-refractivity contribution in [2.75, 3.05) is 13.1 Å². The molecular formula is C14H21N3O. The van der Waals surface area contributed by atoms with Gasteiger partial charge >= 0.3 is 6.03 Å². The zero-order valence-corrected chi connectivity index (χ0v) is 11.0. The van der Waals surface area contributed by atoms with Crippen LogP contribution in [-0.2, 0) is 0 Å². The third-order valence-corrected chi connectivity index (χ3v) is 3.41. The third kappa shape index (κ3) is 2.82. The molecular weight excluding hydrogens is 226 g/mol. The summed E-state index contributed by atoms with van der Waals surface area (Å²) in [5.74, 6) is 0. The number of hydrogen-bond acceptors (Lipinski definition) is 2. The normalized spacial score (nSPS) is 20.9. The second kappa shape index (κ2) is 5.40. The number of nitrogens with zero attached hydrogens (tertiary/aromatic N) is 1. The van der Waals surface area contributed by atoms with E-state index in [2.05, 4.69) is 24.4 Å². The van der Waals surface area contributed by atoms with Crippen molar-refractivity contribution in [2.45, 2.75) is 32.4 Å². The summed E-state index contributed by atoms with van der Waals surface area (Å²) in [5.41, 5.74) is 8.15. The maximum atomic E-state index is 11.9. The molecule has 0 saturated carbocycles. The molecule has 18 heavy (non-hydrogen) atoms. The van der Waals surface area contributed by atoms with E-state index in [4.69, 9.17) is 5.73 Å². The van der Waals surface area contributed by atoms with Crippen LogP contribution in [0.3, 0.4) is 0 Å². The highest BCUT2D eigenvalue weighted by Crippen LogP contribution is 2.23. The van der Waals surface area contributed by atoms with Crippen LogP contribution in [0.4, 0.5) is 4.79 Å². The van der Waals surface area contributed by atoms with Crippen molar-refractivity contribution in [1.82, 2.24) is 10.2 Å². The van der Waals surface area contributed by atoms with Gasteiger partial charge in [0, 0.05) is 19.1 Å². The minimum atomic E-state index is 0.0175. The SMILES string of the molecule is Cc1ccccc1C1CN(CCC(C)N)C(=O)N1. The maximum Gasteiger partial charge on any atom is 0.318 e. The number of hydrogen-bond donors (Lipinski definition) is 2. The van der Waals surface area contributed by atoms with Crippen LogP contribution in [0.15, 0.2) is 24.3 Å². The van der Waals surface area contributed by atoms with Gasteiger partial charge in [0.15, 0.2) is 0 Å². The molecule has 3 N–H and O–H groups in total. The number of amides is 2. The molecule has 98 valence electrons. The fourth-order valence-electron chi connectivity index (χ4n) is 2.30. The van der Waals surface area contributed by atoms with Crippen molar-refractivity contribution >= 4 is 6.03 Å². The summed E-state index contributed by atoms with van der Waals surface area (Å²) in [6, 6.07) is 8.44. The molecule has 1 aromatic carbocycles. The smallest absolute Gasteiger partial charge is 0.318 e. The first-order valence-corrected chi connectivity index (χ1v) is 6.44. The van der Waals surface area contributed by atoms with Gasteiger partial charge in [0.05, 0.1) is 6.04 Å². The maximum absolute atomic E-state index is 11.9. The Morgan fingerprint density at radius 2 is 2.22 bits per heavy atom. The zero-order chi connectivity index (χ0) is 13.1. The molecule has 1 aromatic rings. The van der Waals surface area contributed by atoms with Crippen molar-refractivity contribution < 1.29 is 4.79 Å². The number of aryl methyl sites for hydroxylation is 1. The summed E-state index contributed by atoms with van der Waals surface area (Å²) in [5, 5.41) is 3.03. The molecule has 2 unspecified atom stereocenters. The summed E-state index contributed by atoms with van der Waals surface area (Å²) in [6.45, 7) is 5.50. The Bertz CT molecular complexity index is 431. The van der Waals surface area contributed by atoms with Gasteiger partial charge in [-0.1, -0.05) is 24.3 Å². The molecule has 1 aliphatic heterocycles. The second-order valence-electron chi connectivity index (χ2n) is 5.07. The van der Waals surface area contributed by atoms with E-state index in [9.17, 15) is 4.79 Å². The first-order valence-electron chi connectivity index (χ1n) is 6.44. The van der Waals surface area contributed by atoms with E-state index >= 15 is 0 Å². The second-order valence-corrected chi connectivity index (χ2v) is 5.07. The molecule has 0 aliphatic carbocycles. The van der Waals surface area contributed by atoms with Gasteiger partial charge in [0.2, 0.25) is 0 Å². The summed E-state index contributed by atoms with van der Waals surface area (Å²) in [7, 11) is 0. The molecule has 0 radical (unpaired) electrons. The fourth-order valence-corrected chi connectivity index (χ4v) is 2.30. The molecule has 1 aliphatic rings. The summed E-state index contributed by atoms with van der Waals surface area (Å²) in [6.07, 6.45) is 0.841. The van der Waals surface area contributed by atoms with Crippen molar-refractivity contribution in [3.05, 3.63) is 35.4 Å². The van der Waals surface area contributed by atoms with Crippen molar-refractivity contribution in [2.24, 2.45) is 5.73 Å². The van der Waals surface area contributed by atoms with Gasteiger partial charge < -0.3 is 16.0 Å². The lowest BCUT2D eigenvalue weighted by atomic mass is 10.0. The van der Waals surface area contributed by atoms with Crippen LogP contribution in [0.1, 0.15) is 30.5 Å². The molecule has 4 heteroatoms. The summed E-state index contributed by atoms with van der Waals surface area (Å²) < 4.78 is 0. The monoisotopic (exact) mass is 247 g/mol. The van der Waals surface area contributed by atoms with Gasteiger partial charge in [-0.3, -0.25) is 0 Å². The van der Waals surface area contributed by atoms with Crippen LogP contribution in [0, 0.1) is 6.92 Å². The van der Waals surface area contributed by atoms with Crippen LogP contribution in [0.2, 0.25) is 0 Å². The molecule has 1 saturated heterocycles. The van der Waals surface area contributed by atoms with Crippen molar-refractivity contribution in [3.8, 4) is 0 Å². The van der Waals surface area contributed by atoms with Gasteiger partial charge in [-0.2, -0.15) is 0 Å². The molecule has 1 heterocycles. The minimum Gasteiger partial charge on any atom is -0.329 e. The Morgan fingerprint density at radius 1 is 1.50 bits per heavy atom. The lowest BCUT2D eigenvalue weighted by Gasteiger charge is -2.16. The van der Waals surface area contributed by atoms with Crippen LogP contribution < -0.4 is 11.1 Å². The van der Waals surface area contributed by atoms with Crippen LogP contribution in [0.25, 0.3) is 0 Å². The predicted molar refractivity (Wildman–Crippen MR) is 72.3 cm³/mol. The molecule has 4 nitrogen and oxygen atoms in total. The number of carbonyl (C=O) groups excluding carboxylic acids is 1. The van der Waals surface area contributed by atoms with Gasteiger partial charge in [0.25, 0.3) is 0 Å². The van der Waals surface area contributed by atoms with E-state index in [1.54, 1.807) is 0 Å². The number of urea groups is 1. The molecule has 0 aromatic heterocycles. The molecule has 0 bridgehead atoms. The Hall–Kier alpha value is -1.55. The summed E-state index contributed by atoms with van der Waals surface area (Å²) in [4.78, 5) is 13.7. The van der Waals surface area contributed by atoms with E-state index in [-0.39, 0.29) is 18.1 Å². The van der Waals surface area contributed by atoms with Crippen molar-refractivity contribution in [1.29, 1.82) is 0 Å². The average molecular weight is 247 g/mol. The van der Waals surface area contributed by atoms with E-state index in [0.717, 1.165) is 19.5 Å². The topological polar surface area (TPSA) is 58.4 Å². The number of nitrogens with one attached hydrogen (secondary N) is 1. The Kier molecular flexibility index (Phi) is 3.87. The van der Waals surface area contributed by atoms with Gasteiger partial charge in [-0.25, -0.2) is 4.79 Å². The Balaban J connectivity index is 2.02. The van der Waals surface area contributed by atoms with E-state index in [1.807, 2.05) is 24.0 Å². The standard InChI is InChI=1S/C14H21N3O/c1-10-5-3-4-6-12(10)13-9-17(14(18)16-13)8-7-11(2)15/h3-6,11,13H,7-9,15H2,1-2H3,(H,16,18). The van der Waals surface area contributed by atoms with Crippen LogP contribution >= 0.6 is 0 Å². The largest absolute Gasteiger partial charge is 0.329 e. The Labute approximate surface area is 108 Å². The van der Waals surface area contributed by atoms with Crippen LogP contribution in [0.5, 0.6) is 0 Å². The predicted octanol–water partition coefficient (Wildman–Crippen LogP) is 1.80. The quantitative estimate of drug-likeness (QED) is 0.852. The highest BCUT2D eigenvalue weighted by molar-refractivity contribution is 5.77. The van der Waals surface area contributed by atoms with Gasteiger partial charge in [-0.05, 0) is 31.4 Å². The van der Waals surface area contributed by atoms with E-state index in [1.165, 1.54) is 11.1 Å². The molecule has 2 amide bonds. The first kappa shape index (κ1) is 12.9. The first-order chi connectivity index (χ1) is 8.58. The van der Waals surface area contributed by atoms with E-state index < -0.39 is 0 Å². The third-order valence-electron chi connectivity index (χ3n) is 3.41. The van der Waals surface area contributed by atoms with Crippen molar-refractivity contribution in [3.63, 3.8) is 0 Å². The fraction of sp³-hybridized carbons (Fsp3) is 0.500. The number of nitrogens with two attached hydrogens (primary N) is 1. The average Bonchev–Trinajstić information content (AvgIpc) is 2.68. The highest BCUT2D eigenvalue weighted by atomic mass is 16.2. The lowest BCUT2D eigenvalue weighted by molar-refractivity contribution is 0.216. The zero-order valence-electron chi connectivity index (χ0n) is 11.0. The number of carbonyl (C=O) groups is 1. The Morgan fingerprint density at radius 3 is 2.89 bits per heavy atom. The van der Waals surface area contributed by atoms with Gasteiger partial charge in [-0.15, -0.1) is 0 Å². The molecule has 2 atom stereocenters. The lowest BCUT2D eigenvalue weighted by Crippen LogP contribution is -2.32. The highest BCUT2D eigenvalue weighted by Gasteiger charge is 2.29. The van der Waals surface area contributed by atoms with E-state index in [0.29, 0.717) is 0 Å². The van der Waals surface area contributed by atoms with Gasteiger partial charge in [0.1, 0.15) is 0 Å². The number of benzene rings is 1. The summed E-state index contributed by atoms with van der Waals surface area (Å²) >= 11 is 0.